The Labute approximate surface area is 78.5 Å². The zero-order chi connectivity index (χ0) is 9.26. The van der Waals surface area contributed by atoms with Gasteiger partial charge in [0.2, 0.25) is 0 Å². The van der Waals surface area contributed by atoms with Crippen molar-refractivity contribution in [3.05, 3.63) is 46.7 Å². The number of rotatable bonds is 1. The van der Waals surface area contributed by atoms with Gasteiger partial charge >= 0.3 is 0 Å². The average Bonchev–Trinajstić information content (AvgIpc) is 2.62. The molecule has 0 aliphatic carbocycles. The van der Waals surface area contributed by atoms with Crippen LogP contribution in [0.1, 0.15) is 0 Å². The Morgan fingerprint density at radius 3 is 2.54 bits per heavy atom. The van der Waals surface area contributed by atoms with Crippen LogP contribution in [-0.2, 0) is 0 Å². The molecule has 0 N–H and O–H groups in total. The van der Waals surface area contributed by atoms with Crippen LogP contribution in [0.3, 0.4) is 0 Å². The summed E-state index contributed by atoms with van der Waals surface area (Å²) in [5.74, 6) is -1.64. The van der Waals surface area contributed by atoms with Crippen LogP contribution >= 0.6 is 11.3 Å². The van der Waals surface area contributed by atoms with E-state index in [4.69, 9.17) is 0 Å². The van der Waals surface area contributed by atoms with Crippen molar-refractivity contribution in [2.45, 2.75) is 0 Å². The number of hydrogen-bond acceptors (Lipinski definition) is 1. The SMILES string of the molecule is Fc1ccc(-c2[c]scc2)cc1F. The van der Waals surface area contributed by atoms with Crippen LogP contribution < -0.4 is 0 Å². The molecule has 0 bridgehead atoms. The van der Waals surface area contributed by atoms with Crippen LogP contribution in [0, 0.1) is 17.0 Å². The molecule has 3 heteroatoms. The molecule has 1 heterocycles. The summed E-state index contributed by atoms with van der Waals surface area (Å²) in [7, 11) is 0. The lowest BCUT2D eigenvalue weighted by Crippen LogP contribution is -1.83. The van der Waals surface area contributed by atoms with Crippen molar-refractivity contribution in [1.29, 1.82) is 0 Å². The fourth-order valence-corrected chi connectivity index (χ4v) is 1.64. The number of hydrogen-bond donors (Lipinski definition) is 0. The summed E-state index contributed by atoms with van der Waals surface area (Å²) < 4.78 is 25.3. The molecule has 2 aromatic rings. The van der Waals surface area contributed by atoms with Crippen molar-refractivity contribution in [2.75, 3.05) is 0 Å². The van der Waals surface area contributed by atoms with E-state index in [1.807, 2.05) is 11.4 Å². The van der Waals surface area contributed by atoms with E-state index >= 15 is 0 Å². The molecule has 1 aromatic heterocycles. The minimum atomic E-state index is -0.822. The van der Waals surface area contributed by atoms with Crippen LogP contribution in [0.15, 0.2) is 29.6 Å². The Morgan fingerprint density at radius 1 is 1.08 bits per heavy atom. The standard InChI is InChI=1S/C10H5F2S/c11-9-2-1-7(5-10(9)12)8-3-4-13-6-8/h1-5H. The van der Waals surface area contributed by atoms with E-state index in [0.29, 0.717) is 5.56 Å². The van der Waals surface area contributed by atoms with Gasteiger partial charge in [0.1, 0.15) is 0 Å². The fourth-order valence-electron chi connectivity index (χ4n) is 1.05. The summed E-state index contributed by atoms with van der Waals surface area (Å²) in [6.45, 7) is 0. The smallest absolute Gasteiger partial charge is 0.159 e. The number of halogens is 2. The molecule has 0 aliphatic heterocycles. The molecule has 0 amide bonds. The van der Waals surface area contributed by atoms with E-state index in [2.05, 4.69) is 5.38 Å². The molecule has 1 aromatic carbocycles. The zero-order valence-electron chi connectivity index (χ0n) is 6.55. The first-order valence-corrected chi connectivity index (χ1v) is 4.56. The van der Waals surface area contributed by atoms with Gasteiger partial charge in [-0.25, -0.2) is 8.78 Å². The molecular weight excluding hydrogens is 190 g/mol. The van der Waals surface area contributed by atoms with Crippen LogP contribution in [0.2, 0.25) is 0 Å². The molecule has 0 nitrogen and oxygen atoms in total. The Bertz CT molecular complexity index is 407. The fraction of sp³-hybridized carbons (Fsp3) is 0. The van der Waals surface area contributed by atoms with Crippen molar-refractivity contribution in [3.8, 4) is 11.1 Å². The zero-order valence-corrected chi connectivity index (χ0v) is 7.37. The quantitative estimate of drug-likeness (QED) is 0.653. The summed E-state index contributed by atoms with van der Waals surface area (Å²) in [5.41, 5.74) is 1.45. The summed E-state index contributed by atoms with van der Waals surface area (Å²) in [6.07, 6.45) is 0. The topological polar surface area (TPSA) is 0 Å². The summed E-state index contributed by atoms with van der Waals surface area (Å²) in [6, 6.07) is 5.65. The van der Waals surface area contributed by atoms with E-state index in [0.717, 1.165) is 11.6 Å². The van der Waals surface area contributed by atoms with Crippen LogP contribution in [-0.4, -0.2) is 0 Å². The summed E-state index contributed by atoms with van der Waals surface area (Å²) in [4.78, 5) is 0. The minimum Gasteiger partial charge on any atom is -0.204 e. The average molecular weight is 195 g/mol. The first-order valence-electron chi connectivity index (χ1n) is 3.68. The Hall–Kier alpha value is -1.22. The van der Waals surface area contributed by atoms with E-state index in [1.165, 1.54) is 23.5 Å². The maximum Gasteiger partial charge on any atom is 0.159 e. The van der Waals surface area contributed by atoms with Gasteiger partial charge in [-0.05, 0) is 29.1 Å². The highest BCUT2D eigenvalue weighted by Crippen LogP contribution is 2.22. The maximum absolute atomic E-state index is 12.8. The molecule has 0 spiro atoms. The van der Waals surface area contributed by atoms with Gasteiger partial charge in [-0.3, -0.25) is 0 Å². The van der Waals surface area contributed by atoms with Gasteiger partial charge in [-0.2, -0.15) is 0 Å². The van der Waals surface area contributed by atoms with Gasteiger partial charge < -0.3 is 0 Å². The molecule has 0 unspecified atom stereocenters. The lowest BCUT2D eigenvalue weighted by atomic mass is 10.1. The Kier molecular flexibility index (Phi) is 2.10. The molecule has 0 atom stereocenters. The van der Waals surface area contributed by atoms with E-state index in [9.17, 15) is 8.78 Å². The van der Waals surface area contributed by atoms with Crippen molar-refractivity contribution in [2.24, 2.45) is 0 Å². The Morgan fingerprint density at radius 2 is 1.92 bits per heavy atom. The highest BCUT2D eigenvalue weighted by atomic mass is 32.1. The molecule has 0 saturated carbocycles. The largest absolute Gasteiger partial charge is 0.204 e. The van der Waals surface area contributed by atoms with Gasteiger partial charge in [0.25, 0.3) is 0 Å². The monoisotopic (exact) mass is 195 g/mol. The maximum atomic E-state index is 12.8. The molecule has 0 aliphatic rings. The molecule has 0 fully saturated rings. The molecule has 0 saturated heterocycles. The molecule has 2 rings (SSSR count). The second-order valence-corrected chi connectivity index (χ2v) is 3.28. The Balaban J connectivity index is 2.49. The predicted molar refractivity (Wildman–Crippen MR) is 48.5 cm³/mol. The van der Waals surface area contributed by atoms with Crippen molar-refractivity contribution >= 4 is 11.3 Å². The van der Waals surface area contributed by atoms with Gasteiger partial charge in [0.15, 0.2) is 11.6 Å². The highest BCUT2D eigenvalue weighted by molar-refractivity contribution is 7.07. The third kappa shape index (κ3) is 1.60. The predicted octanol–water partition coefficient (Wildman–Crippen LogP) is 3.49. The van der Waals surface area contributed by atoms with Crippen molar-refractivity contribution in [3.63, 3.8) is 0 Å². The third-order valence-corrected chi connectivity index (χ3v) is 2.31. The van der Waals surface area contributed by atoms with Crippen molar-refractivity contribution in [1.82, 2.24) is 0 Å². The number of thiophene rings is 1. The molecule has 13 heavy (non-hydrogen) atoms. The second-order valence-electron chi connectivity index (χ2n) is 2.57. The van der Waals surface area contributed by atoms with Crippen LogP contribution in [0.4, 0.5) is 8.78 Å². The van der Waals surface area contributed by atoms with E-state index in [1.54, 1.807) is 0 Å². The first-order chi connectivity index (χ1) is 6.27. The minimum absolute atomic E-state index is 0.653. The molecule has 65 valence electrons. The van der Waals surface area contributed by atoms with Gasteiger partial charge in [0.05, 0.1) is 5.38 Å². The third-order valence-electron chi connectivity index (χ3n) is 1.70. The highest BCUT2D eigenvalue weighted by Gasteiger charge is 2.04. The van der Waals surface area contributed by atoms with Gasteiger partial charge in [-0.15, -0.1) is 11.3 Å². The van der Waals surface area contributed by atoms with Crippen LogP contribution in [0.5, 0.6) is 0 Å². The normalized spacial score (nSPS) is 10.3. The molecular formula is C10H5F2S. The second kappa shape index (κ2) is 3.26. The van der Waals surface area contributed by atoms with E-state index in [-0.39, 0.29) is 0 Å². The molecule has 1 radical (unpaired) electrons. The summed E-state index contributed by atoms with van der Waals surface area (Å²) >= 11 is 1.40. The van der Waals surface area contributed by atoms with Gasteiger partial charge in [0, 0.05) is 5.56 Å². The van der Waals surface area contributed by atoms with Crippen LogP contribution in [0.25, 0.3) is 11.1 Å². The summed E-state index contributed by atoms with van der Waals surface area (Å²) in [5, 5.41) is 4.80. The van der Waals surface area contributed by atoms with Gasteiger partial charge in [-0.1, -0.05) is 6.07 Å². The van der Waals surface area contributed by atoms with Crippen molar-refractivity contribution < 1.29 is 8.78 Å². The first kappa shape index (κ1) is 8.38. The lowest BCUT2D eigenvalue weighted by molar-refractivity contribution is 0.509. The lowest BCUT2D eigenvalue weighted by Gasteiger charge is -1.97. The number of benzene rings is 1. The van der Waals surface area contributed by atoms with E-state index < -0.39 is 11.6 Å².